The molecule has 1 rings (SSSR count). The first-order valence-corrected chi connectivity index (χ1v) is 3.50. The van der Waals surface area contributed by atoms with E-state index >= 15 is 0 Å². The van der Waals surface area contributed by atoms with E-state index in [9.17, 15) is 14.9 Å². The first-order chi connectivity index (χ1) is 6.02. The van der Waals surface area contributed by atoms with Gasteiger partial charge in [0.2, 0.25) is 0 Å². The topological polar surface area (TPSA) is 80.4 Å². The number of aromatic carboxylic acids is 1. The van der Waals surface area contributed by atoms with Crippen molar-refractivity contribution in [1.29, 1.82) is 0 Å². The SMILES string of the molecule is Bc1ccc(C(=O)O)c([N+](=O)[O-])c1. The summed E-state index contributed by atoms with van der Waals surface area (Å²) in [4.78, 5) is 20.3. The fourth-order valence-corrected chi connectivity index (χ4v) is 0.974. The molecule has 0 aromatic heterocycles. The average molecular weight is 179 g/mol. The van der Waals surface area contributed by atoms with Gasteiger partial charge in [-0.15, -0.1) is 0 Å². The van der Waals surface area contributed by atoms with Crippen molar-refractivity contribution in [1.82, 2.24) is 0 Å². The molecule has 0 heterocycles. The summed E-state index contributed by atoms with van der Waals surface area (Å²) in [5, 5.41) is 19.0. The minimum atomic E-state index is -1.29. The Morgan fingerprint density at radius 2 is 2.15 bits per heavy atom. The molecule has 0 atom stereocenters. The molecular formula is C7H6BNO4. The van der Waals surface area contributed by atoms with Crippen LogP contribution in [0.15, 0.2) is 18.2 Å². The summed E-state index contributed by atoms with van der Waals surface area (Å²) in [5.74, 6) is -1.29. The van der Waals surface area contributed by atoms with Crippen molar-refractivity contribution >= 4 is 25.0 Å². The highest BCUT2D eigenvalue weighted by Crippen LogP contribution is 2.15. The van der Waals surface area contributed by atoms with Crippen LogP contribution in [0.25, 0.3) is 0 Å². The number of benzene rings is 1. The minimum Gasteiger partial charge on any atom is -0.477 e. The summed E-state index contributed by atoms with van der Waals surface area (Å²) in [5.41, 5.74) is 0.0137. The molecule has 0 spiro atoms. The molecule has 0 aliphatic rings. The molecule has 1 aromatic rings. The molecular weight excluding hydrogens is 173 g/mol. The van der Waals surface area contributed by atoms with Crippen molar-refractivity contribution in [3.05, 3.63) is 33.9 Å². The fourth-order valence-electron chi connectivity index (χ4n) is 0.974. The lowest BCUT2D eigenvalue weighted by molar-refractivity contribution is -0.385. The zero-order valence-corrected chi connectivity index (χ0v) is 6.85. The van der Waals surface area contributed by atoms with E-state index in [1.165, 1.54) is 18.2 Å². The van der Waals surface area contributed by atoms with Crippen LogP contribution in [0.3, 0.4) is 0 Å². The van der Waals surface area contributed by atoms with Crippen molar-refractivity contribution in [2.24, 2.45) is 0 Å². The standard InChI is InChI=1S/C7H6BNO4/c8-4-1-2-5(7(10)11)6(3-4)9(12)13/h1-3H,8H2,(H,10,11). The number of hydrogen-bond donors (Lipinski definition) is 1. The van der Waals surface area contributed by atoms with E-state index in [-0.39, 0.29) is 11.3 Å². The van der Waals surface area contributed by atoms with Gasteiger partial charge in [0.05, 0.1) is 4.92 Å². The van der Waals surface area contributed by atoms with Crippen molar-refractivity contribution in [2.75, 3.05) is 0 Å². The number of nitro groups is 1. The van der Waals surface area contributed by atoms with E-state index in [2.05, 4.69) is 0 Å². The van der Waals surface area contributed by atoms with Gasteiger partial charge in [-0.05, 0) is 6.07 Å². The minimum absolute atomic E-state index is 0.282. The average Bonchev–Trinajstić information content (AvgIpc) is 2.03. The van der Waals surface area contributed by atoms with Gasteiger partial charge in [0.15, 0.2) is 0 Å². The molecule has 0 radical (unpaired) electrons. The molecule has 0 amide bonds. The fraction of sp³-hybridized carbons (Fsp3) is 0. The van der Waals surface area contributed by atoms with Gasteiger partial charge in [-0.1, -0.05) is 11.5 Å². The maximum Gasteiger partial charge on any atom is 0.342 e. The second kappa shape index (κ2) is 3.26. The monoisotopic (exact) mass is 179 g/mol. The molecule has 66 valence electrons. The van der Waals surface area contributed by atoms with Crippen LogP contribution in [0.4, 0.5) is 5.69 Å². The Balaban J connectivity index is 3.35. The van der Waals surface area contributed by atoms with Gasteiger partial charge in [-0.2, -0.15) is 0 Å². The molecule has 0 saturated carbocycles. The van der Waals surface area contributed by atoms with Crippen LogP contribution >= 0.6 is 0 Å². The molecule has 6 heteroatoms. The van der Waals surface area contributed by atoms with E-state index in [1.807, 2.05) is 0 Å². The van der Waals surface area contributed by atoms with Crippen LogP contribution < -0.4 is 5.46 Å². The van der Waals surface area contributed by atoms with Crippen LogP contribution in [0.1, 0.15) is 10.4 Å². The highest BCUT2D eigenvalue weighted by molar-refractivity contribution is 6.32. The summed E-state index contributed by atoms with van der Waals surface area (Å²) in [7, 11) is 1.67. The zero-order chi connectivity index (χ0) is 10.0. The number of rotatable bonds is 2. The van der Waals surface area contributed by atoms with Gasteiger partial charge in [-0.25, -0.2) is 4.79 Å². The van der Waals surface area contributed by atoms with E-state index in [0.29, 0.717) is 5.46 Å². The Bertz CT molecular complexity index is 377. The lowest BCUT2D eigenvalue weighted by Crippen LogP contribution is -2.09. The summed E-state index contributed by atoms with van der Waals surface area (Å²) < 4.78 is 0. The van der Waals surface area contributed by atoms with Gasteiger partial charge in [-0.3, -0.25) is 10.1 Å². The van der Waals surface area contributed by atoms with Gasteiger partial charge in [0.1, 0.15) is 13.4 Å². The van der Waals surface area contributed by atoms with E-state index < -0.39 is 10.9 Å². The molecule has 0 unspecified atom stereocenters. The largest absolute Gasteiger partial charge is 0.477 e. The van der Waals surface area contributed by atoms with Gasteiger partial charge in [0.25, 0.3) is 5.69 Å². The second-order valence-corrected chi connectivity index (χ2v) is 2.58. The van der Waals surface area contributed by atoms with Crippen molar-refractivity contribution < 1.29 is 14.8 Å². The normalized spacial score (nSPS) is 9.54. The highest BCUT2D eigenvalue weighted by Gasteiger charge is 2.18. The van der Waals surface area contributed by atoms with Crippen LogP contribution in [0.5, 0.6) is 0 Å². The molecule has 1 N–H and O–H groups in total. The van der Waals surface area contributed by atoms with Crippen molar-refractivity contribution in [3.8, 4) is 0 Å². The maximum absolute atomic E-state index is 10.5. The summed E-state index contributed by atoms with van der Waals surface area (Å²) in [6.07, 6.45) is 0. The van der Waals surface area contributed by atoms with E-state index in [4.69, 9.17) is 5.11 Å². The molecule has 0 aliphatic heterocycles. The Morgan fingerprint density at radius 1 is 1.54 bits per heavy atom. The van der Waals surface area contributed by atoms with Gasteiger partial charge >= 0.3 is 5.97 Å². The molecule has 5 nitrogen and oxygen atoms in total. The van der Waals surface area contributed by atoms with E-state index in [1.54, 1.807) is 7.85 Å². The summed E-state index contributed by atoms with van der Waals surface area (Å²) >= 11 is 0. The summed E-state index contributed by atoms with van der Waals surface area (Å²) in [6, 6.07) is 4.00. The quantitative estimate of drug-likeness (QED) is 0.378. The summed E-state index contributed by atoms with van der Waals surface area (Å²) in [6.45, 7) is 0. The number of carboxylic acid groups (broad SMARTS) is 1. The van der Waals surface area contributed by atoms with Gasteiger partial charge < -0.3 is 5.11 Å². The Labute approximate surface area is 74.6 Å². The molecule has 0 bridgehead atoms. The molecule has 0 fully saturated rings. The van der Waals surface area contributed by atoms with Crippen LogP contribution in [0, 0.1) is 10.1 Å². The zero-order valence-electron chi connectivity index (χ0n) is 6.85. The van der Waals surface area contributed by atoms with Crippen LogP contribution in [-0.4, -0.2) is 23.8 Å². The predicted molar refractivity (Wildman–Crippen MR) is 48.2 cm³/mol. The third kappa shape index (κ3) is 1.84. The van der Waals surface area contributed by atoms with Crippen molar-refractivity contribution in [2.45, 2.75) is 0 Å². The number of nitro benzene ring substituents is 1. The third-order valence-electron chi connectivity index (χ3n) is 1.58. The van der Waals surface area contributed by atoms with Crippen LogP contribution in [-0.2, 0) is 0 Å². The highest BCUT2D eigenvalue weighted by atomic mass is 16.6. The Hall–Kier alpha value is -1.85. The molecule has 0 aliphatic carbocycles. The first-order valence-electron chi connectivity index (χ1n) is 3.50. The predicted octanol–water partition coefficient (Wildman–Crippen LogP) is -0.449. The number of nitrogens with zero attached hydrogens (tertiary/aromatic N) is 1. The second-order valence-electron chi connectivity index (χ2n) is 2.58. The molecule has 13 heavy (non-hydrogen) atoms. The van der Waals surface area contributed by atoms with Crippen molar-refractivity contribution in [3.63, 3.8) is 0 Å². The van der Waals surface area contributed by atoms with Gasteiger partial charge in [0, 0.05) is 6.07 Å². The third-order valence-corrected chi connectivity index (χ3v) is 1.58. The number of hydrogen-bond acceptors (Lipinski definition) is 3. The Morgan fingerprint density at radius 3 is 2.62 bits per heavy atom. The molecule has 0 saturated heterocycles. The molecule has 1 aromatic carbocycles. The van der Waals surface area contributed by atoms with E-state index in [0.717, 1.165) is 0 Å². The smallest absolute Gasteiger partial charge is 0.342 e. The van der Waals surface area contributed by atoms with Crippen LogP contribution in [0.2, 0.25) is 0 Å². The maximum atomic E-state index is 10.5. The lowest BCUT2D eigenvalue weighted by Gasteiger charge is -1.98. The number of carboxylic acids is 1. The lowest BCUT2D eigenvalue weighted by atomic mass is 9.94. The number of carbonyl (C=O) groups is 1. The first kappa shape index (κ1) is 9.24. The Kier molecular flexibility index (Phi) is 2.32.